The first-order valence-electron chi connectivity index (χ1n) is 8.40. The van der Waals surface area contributed by atoms with Gasteiger partial charge in [-0.2, -0.15) is 0 Å². The second-order valence-electron chi connectivity index (χ2n) is 6.08. The quantitative estimate of drug-likeness (QED) is 0.850. The van der Waals surface area contributed by atoms with Crippen molar-refractivity contribution in [2.75, 3.05) is 25.1 Å². The molecule has 1 fully saturated rings. The first-order valence-corrected chi connectivity index (χ1v) is 8.40. The number of nitrogens with zero attached hydrogens (tertiary/aromatic N) is 2. The number of rotatable bonds is 5. The fourth-order valence-electron chi connectivity index (χ4n) is 2.79. The van der Waals surface area contributed by atoms with E-state index in [1.807, 2.05) is 26.0 Å². The van der Waals surface area contributed by atoms with Gasteiger partial charge in [0.25, 0.3) is 0 Å². The average Bonchev–Trinajstić information content (AvgIpc) is 3.07. The molecule has 0 amide bonds. The van der Waals surface area contributed by atoms with Crippen LogP contribution in [0.15, 0.2) is 12.1 Å². The number of aromatic nitrogens is 2. The lowest BCUT2D eigenvalue weighted by Crippen LogP contribution is -2.21. The molecule has 1 atom stereocenters. The molecule has 1 aromatic heterocycles. The summed E-state index contributed by atoms with van der Waals surface area (Å²) in [5.74, 6) is -0.000304. The number of benzene rings is 1. The van der Waals surface area contributed by atoms with Gasteiger partial charge >= 0.3 is 5.97 Å². The van der Waals surface area contributed by atoms with E-state index in [-0.39, 0.29) is 11.8 Å². The Kier molecular flexibility index (Phi) is 4.94. The Morgan fingerprint density at radius 1 is 1.29 bits per heavy atom. The van der Waals surface area contributed by atoms with Crippen molar-refractivity contribution < 1.29 is 14.3 Å². The van der Waals surface area contributed by atoms with E-state index in [1.165, 1.54) is 0 Å². The first kappa shape index (κ1) is 16.6. The summed E-state index contributed by atoms with van der Waals surface area (Å²) in [5.41, 5.74) is 3.95. The van der Waals surface area contributed by atoms with Crippen molar-refractivity contribution in [1.82, 2.24) is 9.97 Å². The number of hydrogen-bond donors (Lipinski definition) is 1. The van der Waals surface area contributed by atoms with Crippen molar-refractivity contribution in [3.8, 4) is 0 Å². The molecule has 1 aliphatic rings. The summed E-state index contributed by atoms with van der Waals surface area (Å²) in [6, 6.07) is 3.94. The van der Waals surface area contributed by atoms with Crippen LogP contribution in [0.1, 0.15) is 41.4 Å². The summed E-state index contributed by atoms with van der Waals surface area (Å²) in [7, 11) is 0. The lowest BCUT2D eigenvalue weighted by Gasteiger charge is -2.14. The van der Waals surface area contributed by atoms with E-state index in [2.05, 4.69) is 15.3 Å². The topological polar surface area (TPSA) is 73.3 Å². The van der Waals surface area contributed by atoms with Crippen molar-refractivity contribution in [2.24, 2.45) is 0 Å². The Hall–Kier alpha value is -2.21. The summed E-state index contributed by atoms with van der Waals surface area (Å²) >= 11 is 0. The maximum absolute atomic E-state index is 12.3. The van der Waals surface area contributed by atoms with Crippen LogP contribution in [0.3, 0.4) is 0 Å². The van der Waals surface area contributed by atoms with E-state index in [0.717, 1.165) is 36.1 Å². The molecular weight excluding hydrogens is 306 g/mol. The number of ether oxygens (including phenoxy) is 2. The zero-order valence-electron chi connectivity index (χ0n) is 14.4. The number of hydrogen-bond acceptors (Lipinski definition) is 6. The Labute approximate surface area is 141 Å². The molecule has 6 nitrogen and oxygen atoms in total. The van der Waals surface area contributed by atoms with Crippen molar-refractivity contribution in [2.45, 2.75) is 39.7 Å². The highest BCUT2D eigenvalue weighted by Gasteiger charge is 2.21. The predicted octanol–water partition coefficient (Wildman–Crippen LogP) is 3.01. The highest BCUT2D eigenvalue weighted by molar-refractivity contribution is 5.95. The lowest BCUT2D eigenvalue weighted by atomic mass is 10.1. The molecule has 3 rings (SSSR count). The van der Waals surface area contributed by atoms with E-state index in [9.17, 15) is 4.79 Å². The summed E-state index contributed by atoms with van der Waals surface area (Å²) < 4.78 is 10.7. The van der Waals surface area contributed by atoms with Gasteiger partial charge in [0.15, 0.2) is 11.5 Å². The van der Waals surface area contributed by atoms with Crippen molar-refractivity contribution in [3.63, 3.8) is 0 Å². The molecule has 0 radical (unpaired) electrons. The van der Waals surface area contributed by atoms with E-state index >= 15 is 0 Å². The van der Waals surface area contributed by atoms with Gasteiger partial charge in [-0.15, -0.1) is 0 Å². The van der Waals surface area contributed by atoms with Crippen LogP contribution < -0.4 is 5.32 Å². The second-order valence-corrected chi connectivity index (χ2v) is 6.08. The van der Waals surface area contributed by atoms with Crippen molar-refractivity contribution in [1.29, 1.82) is 0 Å². The number of carbonyl (C=O) groups is 1. The van der Waals surface area contributed by atoms with Gasteiger partial charge in [-0.05, 0) is 56.9 Å². The molecule has 0 spiro atoms. The van der Waals surface area contributed by atoms with Crippen LogP contribution >= 0.6 is 0 Å². The van der Waals surface area contributed by atoms with Crippen LogP contribution in [-0.4, -0.2) is 41.8 Å². The van der Waals surface area contributed by atoms with E-state index in [0.29, 0.717) is 24.5 Å². The highest BCUT2D eigenvalue weighted by Crippen LogP contribution is 2.22. The monoisotopic (exact) mass is 329 g/mol. The van der Waals surface area contributed by atoms with Gasteiger partial charge in [0.1, 0.15) is 0 Å². The zero-order chi connectivity index (χ0) is 17.1. The van der Waals surface area contributed by atoms with Crippen LogP contribution in [-0.2, 0) is 9.47 Å². The number of nitrogens with one attached hydrogen (secondary N) is 1. The Bertz CT molecular complexity index is 755. The molecule has 24 heavy (non-hydrogen) atoms. The summed E-state index contributed by atoms with van der Waals surface area (Å²) in [5, 5.41) is 3.22. The van der Waals surface area contributed by atoms with Gasteiger partial charge in [-0.1, -0.05) is 0 Å². The van der Waals surface area contributed by atoms with E-state index in [4.69, 9.17) is 9.47 Å². The van der Waals surface area contributed by atoms with E-state index in [1.54, 1.807) is 6.92 Å². The number of esters is 1. The molecule has 0 bridgehead atoms. The fraction of sp³-hybridized carbons (Fsp3) is 0.500. The molecule has 2 heterocycles. The van der Waals surface area contributed by atoms with Gasteiger partial charge in [-0.25, -0.2) is 14.8 Å². The maximum atomic E-state index is 12.3. The normalized spacial score (nSPS) is 17.2. The Morgan fingerprint density at radius 2 is 2.00 bits per heavy atom. The standard InChI is InChI=1S/C18H23N3O3/c1-4-23-18(22)16-17(19-10-13-6-5-7-24-13)21-15-9-12(3)11(2)8-14(15)20-16/h8-9,13H,4-7,10H2,1-3H3,(H,19,21). The highest BCUT2D eigenvalue weighted by atomic mass is 16.5. The second kappa shape index (κ2) is 7.13. The minimum absolute atomic E-state index is 0.150. The molecule has 1 aromatic carbocycles. The predicted molar refractivity (Wildman–Crippen MR) is 92.4 cm³/mol. The van der Waals surface area contributed by atoms with Crippen LogP contribution in [0.4, 0.5) is 5.82 Å². The SMILES string of the molecule is CCOC(=O)c1nc2cc(C)c(C)cc2nc1NCC1CCCO1. The molecular formula is C18H23N3O3. The summed E-state index contributed by atoms with van der Waals surface area (Å²) in [6.45, 7) is 7.53. The minimum Gasteiger partial charge on any atom is -0.461 e. The fourth-order valence-corrected chi connectivity index (χ4v) is 2.79. The largest absolute Gasteiger partial charge is 0.461 e. The smallest absolute Gasteiger partial charge is 0.360 e. The third kappa shape index (κ3) is 3.48. The Balaban J connectivity index is 1.97. The molecule has 0 saturated carbocycles. The third-order valence-corrected chi connectivity index (χ3v) is 4.27. The molecule has 1 aliphatic heterocycles. The van der Waals surface area contributed by atoms with Gasteiger partial charge in [0.05, 0.1) is 23.7 Å². The van der Waals surface area contributed by atoms with Crippen LogP contribution in [0, 0.1) is 13.8 Å². The van der Waals surface area contributed by atoms with Gasteiger partial charge < -0.3 is 14.8 Å². The zero-order valence-corrected chi connectivity index (χ0v) is 14.4. The Morgan fingerprint density at radius 3 is 2.62 bits per heavy atom. The molecule has 6 heteroatoms. The first-order chi connectivity index (χ1) is 11.6. The summed E-state index contributed by atoms with van der Waals surface area (Å²) in [6.07, 6.45) is 2.23. The molecule has 1 saturated heterocycles. The summed E-state index contributed by atoms with van der Waals surface area (Å²) in [4.78, 5) is 21.4. The maximum Gasteiger partial charge on any atom is 0.360 e. The minimum atomic E-state index is -0.458. The number of aryl methyl sites for hydroxylation is 2. The third-order valence-electron chi connectivity index (χ3n) is 4.27. The molecule has 2 aromatic rings. The number of carbonyl (C=O) groups excluding carboxylic acids is 1. The van der Waals surface area contributed by atoms with Crippen LogP contribution in [0.2, 0.25) is 0 Å². The van der Waals surface area contributed by atoms with Crippen molar-refractivity contribution >= 4 is 22.8 Å². The molecule has 128 valence electrons. The number of anilines is 1. The van der Waals surface area contributed by atoms with Crippen molar-refractivity contribution in [3.05, 3.63) is 29.0 Å². The molecule has 0 aliphatic carbocycles. The lowest BCUT2D eigenvalue weighted by molar-refractivity contribution is 0.0520. The van der Waals surface area contributed by atoms with Crippen LogP contribution in [0.25, 0.3) is 11.0 Å². The molecule has 1 unspecified atom stereocenters. The van der Waals surface area contributed by atoms with Gasteiger partial charge in [0.2, 0.25) is 0 Å². The van der Waals surface area contributed by atoms with Gasteiger partial charge in [-0.3, -0.25) is 0 Å². The number of fused-ring (bicyclic) bond motifs is 1. The molecule has 1 N–H and O–H groups in total. The van der Waals surface area contributed by atoms with E-state index < -0.39 is 5.97 Å². The van der Waals surface area contributed by atoms with Gasteiger partial charge in [0, 0.05) is 13.2 Å². The van der Waals surface area contributed by atoms with Crippen LogP contribution in [0.5, 0.6) is 0 Å². The average molecular weight is 329 g/mol.